The van der Waals surface area contributed by atoms with E-state index in [1.165, 1.54) is 13.8 Å². The molecular weight excluding hydrogens is 672 g/mol. The van der Waals surface area contributed by atoms with Gasteiger partial charge in [0, 0.05) is 19.4 Å². The Labute approximate surface area is 299 Å². The second kappa shape index (κ2) is 19.4. The van der Waals surface area contributed by atoms with E-state index < -0.39 is 104 Å². The van der Waals surface area contributed by atoms with Crippen LogP contribution in [-0.2, 0) is 38.1 Å². The molecule has 8 N–H and O–H groups in total. The van der Waals surface area contributed by atoms with E-state index in [1.54, 1.807) is 0 Å². The predicted molar refractivity (Wildman–Crippen MR) is 179 cm³/mol. The Hall–Kier alpha value is -1.99. The summed E-state index contributed by atoms with van der Waals surface area (Å²) in [6.07, 6.45) is -8.86. The summed E-state index contributed by atoms with van der Waals surface area (Å²) in [6, 6.07) is -1.25. The molecule has 4 aliphatic rings. The van der Waals surface area contributed by atoms with Crippen molar-refractivity contribution in [2.24, 2.45) is 17.8 Å². The normalized spacial score (nSPS) is 39.9. The summed E-state index contributed by atoms with van der Waals surface area (Å²) >= 11 is 0. The van der Waals surface area contributed by atoms with Crippen molar-refractivity contribution in [1.29, 1.82) is 0 Å². The number of carboxylic acid groups (broad SMARTS) is 1. The van der Waals surface area contributed by atoms with E-state index in [0.29, 0.717) is 19.4 Å². The van der Waals surface area contributed by atoms with Crippen LogP contribution in [0.4, 0.5) is 0 Å². The third-order valence-corrected chi connectivity index (χ3v) is 10.9. The lowest BCUT2D eigenvalue weighted by Crippen LogP contribution is -2.67. The minimum atomic E-state index is -1.61. The first-order chi connectivity index (χ1) is 24.3. The number of carbonyl (C=O) groups is 3. The molecule has 2 heterocycles. The maximum atomic E-state index is 13.3. The predicted octanol–water partition coefficient (Wildman–Crippen LogP) is -0.0617. The number of aliphatic carboxylic acids is 1. The summed E-state index contributed by atoms with van der Waals surface area (Å²) in [4.78, 5) is 38.4. The van der Waals surface area contributed by atoms with Crippen molar-refractivity contribution in [3.8, 4) is 0 Å². The summed E-state index contributed by atoms with van der Waals surface area (Å²) in [5.41, 5.74) is 0. The number of aliphatic hydroxyl groups excluding tert-OH is 5. The van der Waals surface area contributed by atoms with Crippen molar-refractivity contribution in [1.82, 2.24) is 10.6 Å². The fourth-order valence-electron chi connectivity index (χ4n) is 7.97. The molecule has 51 heavy (non-hydrogen) atoms. The summed E-state index contributed by atoms with van der Waals surface area (Å²) in [7, 11) is 0. The SMILES string of the molecule is CCCNC(=O)C1CC(CC)[C@@H](OC2O[C@@H](C)C(O)[C@H](O)[C@@H]2O)[C@H](O[C@@H]2O[C@@H](CO)[C@H](O)C(O[C@@H](CC3CCCCC3)C(=O)O)C2NC(C)=O)C1. The van der Waals surface area contributed by atoms with E-state index in [9.17, 15) is 45.0 Å². The van der Waals surface area contributed by atoms with E-state index in [1.807, 2.05) is 13.8 Å². The van der Waals surface area contributed by atoms with Gasteiger partial charge in [0.05, 0.1) is 24.9 Å². The molecule has 0 bridgehead atoms. The molecule has 16 nitrogen and oxygen atoms in total. The molecule has 0 spiro atoms. The first-order valence-corrected chi connectivity index (χ1v) is 18.7. The third kappa shape index (κ3) is 10.6. The third-order valence-electron chi connectivity index (χ3n) is 10.9. The molecule has 0 aromatic carbocycles. The van der Waals surface area contributed by atoms with Crippen LogP contribution in [0, 0.1) is 17.8 Å². The summed E-state index contributed by atoms with van der Waals surface area (Å²) in [5.74, 6) is -2.71. The van der Waals surface area contributed by atoms with Crippen LogP contribution in [0.3, 0.4) is 0 Å². The number of carbonyl (C=O) groups excluding carboxylic acids is 2. The van der Waals surface area contributed by atoms with Gasteiger partial charge in [0.15, 0.2) is 18.7 Å². The molecule has 2 aliphatic carbocycles. The van der Waals surface area contributed by atoms with E-state index >= 15 is 0 Å². The van der Waals surface area contributed by atoms with Crippen LogP contribution < -0.4 is 10.6 Å². The second-order valence-electron chi connectivity index (χ2n) is 14.7. The molecule has 6 unspecified atom stereocenters. The number of hydrogen-bond donors (Lipinski definition) is 8. The summed E-state index contributed by atoms with van der Waals surface area (Å²) < 4.78 is 30.9. The molecule has 294 valence electrons. The molecule has 16 heteroatoms. The number of ether oxygens (including phenoxy) is 5. The number of carboxylic acids is 1. The first kappa shape index (κ1) is 41.8. The number of amides is 2. The average Bonchev–Trinajstić information content (AvgIpc) is 3.11. The van der Waals surface area contributed by atoms with Crippen LogP contribution in [0.15, 0.2) is 0 Å². The summed E-state index contributed by atoms with van der Waals surface area (Å²) in [6.45, 7) is 6.40. The highest BCUT2D eigenvalue weighted by Crippen LogP contribution is 2.40. The van der Waals surface area contributed by atoms with Crippen LogP contribution in [-0.4, -0.2) is 141 Å². The zero-order chi connectivity index (χ0) is 37.4. The number of aliphatic hydroxyl groups is 5. The average molecular weight is 733 g/mol. The van der Waals surface area contributed by atoms with Crippen LogP contribution in [0.25, 0.3) is 0 Å². The Bertz CT molecular complexity index is 1130. The number of nitrogens with one attached hydrogen (secondary N) is 2. The molecule has 4 rings (SSSR count). The fourth-order valence-corrected chi connectivity index (χ4v) is 7.97. The molecule has 2 saturated carbocycles. The van der Waals surface area contributed by atoms with Crippen molar-refractivity contribution < 1.29 is 68.7 Å². The maximum Gasteiger partial charge on any atom is 0.332 e. The van der Waals surface area contributed by atoms with Gasteiger partial charge in [0.2, 0.25) is 11.8 Å². The summed E-state index contributed by atoms with van der Waals surface area (Å²) in [5, 5.41) is 69.0. The van der Waals surface area contributed by atoms with Crippen molar-refractivity contribution in [2.45, 2.75) is 172 Å². The molecule has 0 aromatic rings. The molecule has 2 amide bonds. The van der Waals surface area contributed by atoms with Crippen LogP contribution in [0.1, 0.15) is 91.9 Å². The van der Waals surface area contributed by atoms with Crippen LogP contribution in [0.2, 0.25) is 0 Å². The van der Waals surface area contributed by atoms with Gasteiger partial charge in [-0.05, 0) is 44.4 Å². The minimum absolute atomic E-state index is 0.101. The largest absolute Gasteiger partial charge is 0.479 e. The highest BCUT2D eigenvalue weighted by Gasteiger charge is 2.52. The Morgan fingerprint density at radius 1 is 0.882 bits per heavy atom. The highest BCUT2D eigenvalue weighted by molar-refractivity contribution is 5.78. The Morgan fingerprint density at radius 2 is 1.59 bits per heavy atom. The van der Waals surface area contributed by atoms with Gasteiger partial charge in [-0.25, -0.2) is 4.79 Å². The second-order valence-corrected chi connectivity index (χ2v) is 14.7. The number of rotatable bonds is 15. The zero-order valence-electron chi connectivity index (χ0n) is 30.2. The highest BCUT2D eigenvalue weighted by atomic mass is 16.7. The fraction of sp³-hybridized carbons (Fsp3) is 0.914. The Kier molecular flexibility index (Phi) is 15.9. The van der Waals surface area contributed by atoms with E-state index in [-0.39, 0.29) is 30.6 Å². The molecule has 0 radical (unpaired) electrons. The zero-order valence-corrected chi connectivity index (χ0v) is 30.2. The topological polar surface area (TPSA) is 243 Å². The van der Waals surface area contributed by atoms with Crippen molar-refractivity contribution in [2.75, 3.05) is 13.2 Å². The quantitative estimate of drug-likeness (QED) is 0.110. The molecule has 2 saturated heterocycles. The minimum Gasteiger partial charge on any atom is -0.479 e. The van der Waals surface area contributed by atoms with Crippen molar-refractivity contribution >= 4 is 17.8 Å². The van der Waals surface area contributed by atoms with Gasteiger partial charge in [-0.1, -0.05) is 52.4 Å². The molecule has 0 aromatic heterocycles. The Morgan fingerprint density at radius 3 is 2.20 bits per heavy atom. The van der Waals surface area contributed by atoms with Gasteiger partial charge in [-0.3, -0.25) is 9.59 Å². The monoisotopic (exact) mass is 732 g/mol. The van der Waals surface area contributed by atoms with Crippen LogP contribution >= 0.6 is 0 Å². The molecule has 4 fully saturated rings. The van der Waals surface area contributed by atoms with Gasteiger partial charge in [-0.15, -0.1) is 0 Å². The lowest BCUT2D eigenvalue weighted by molar-refractivity contribution is -0.338. The standard InChI is InChI=1S/C35H60N2O14/c1-5-12-36-32(44)21-14-20(6-2)30(51-35-29(43)28(42)26(40)17(3)47-35)22(15-21)49-34-25(37-18(4)39)31(27(41)24(16-38)50-34)48-23(33(45)46)13-19-10-8-7-9-11-19/h17,19-31,34-35,38,40-43H,5-16H2,1-4H3,(H,36,44)(H,37,39)(H,45,46)/t17-,20?,21?,22+,23-,24-,25?,26?,27-,28-,29-,30+,31?,34+,35?/m0/s1. The smallest absolute Gasteiger partial charge is 0.332 e. The van der Waals surface area contributed by atoms with Gasteiger partial charge in [-0.2, -0.15) is 0 Å². The number of hydrogen-bond acceptors (Lipinski definition) is 13. The lowest BCUT2D eigenvalue weighted by atomic mass is 9.75. The molecule has 15 atom stereocenters. The maximum absolute atomic E-state index is 13.3. The van der Waals surface area contributed by atoms with E-state index in [2.05, 4.69) is 10.6 Å². The van der Waals surface area contributed by atoms with Gasteiger partial charge in [0.1, 0.15) is 42.7 Å². The molecular formula is C35H60N2O14. The van der Waals surface area contributed by atoms with Crippen molar-refractivity contribution in [3.63, 3.8) is 0 Å². The van der Waals surface area contributed by atoms with E-state index in [4.69, 9.17) is 23.7 Å². The molecule has 2 aliphatic heterocycles. The Balaban J connectivity index is 1.66. The van der Waals surface area contributed by atoms with Gasteiger partial charge in [0.25, 0.3) is 0 Å². The first-order valence-electron chi connectivity index (χ1n) is 18.7. The van der Waals surface area contributed by atoms with Gasteiger partial charge < -0.3 is 65.0 Å². The lowest BCUT2D eigenvalue weighted by Gasteiger charge is -2.49. The van der Waals surface area contributed by atoms with Gasteiger partial charge >= 0.3 is 5.97 Å². The van der Waals surface area contributed by atoms with Crippen molar-refractivity contribution in [3.05, 3.63) is 0 Å². The van der Waals surface area contributed by atoms with Crippen LogP contribution in [0.5, 0.6) is 0 Å². The van der Waals surface area contributed by atoms with E-state index in [0.717, 1.165) is 38.5 Å².